The van der Waals surface area contributed by atoms with Crippen molar-refractivity contribution in [2.24, 2.45) is 0 Å². The van der Waals surface area contributed by atoms with Crippen LogP contribution in [0.15, 0.2) is 30.3 Å². The maximum Gasteiger partial charge on any atom is 0.157 e. The van der Waals surface area contributed by atoms with Crippen LogP contribution in [0.25, 0.3) is 5.57 Å². The highest BCUT2D eigenvalue weighted by atomic mass is 16.7. The molecule has 0 N–H and O–H groups in total. The van der Waals surface area contributed by atoms with Crippen molar-refractivity contribution in [3.8, 4) is 5.75 Å². The molecule has 1 unspecified atom stereocenters. The van der Waals surface area contributed by atoms with E-state index in [1.165, 1.54) is 17.6 Å². The number of rotatable bonds is 5. The number of allylic oxidation sites excluding steroid dienone is 1. The lowest BCUT2D eigenvalue weighted by Gasteiger charge is -2.22. The van der Waals surface area contributed by atoms with E-state index in [0.717, 1.165) is 25.2 Å². The van der Waals surface area contributed by atoms with Gasteiger partial charge in [-0.1, -0.05) is 18.2 Å². The Hall–Kier alpha value is -1.32. The fourth-order valence-electron chi connectivity index (χ4n) is 2.09. The van der Waals surface area contributed by atoms with Gasteiger partial charge in [0, 0.05) is 6.61 Å². The molecule has 1 fully saturated rings. The van der Waals surface area contributed by atoms with E-state index in [4.69, 9.17) is 14.2 Å². The Morgan fingerprint density at radius 2 is 2.11 bits per heavy atom. The molecular formula is C16H22O3. The van der Waals surface area contributed by atoms with Gasteiger partial charge in [-0.15, -0.1) is 0 Å². The number of hydrogen-bond donors (Lipinski definition) is 0. The maximum atomic E-state index is 5.70. The summed E-state index contributed by atoms with van der Waals surface area (Å²) >= 11 is 0. The number of hydrogen-bond acceptors (Lipinski definition) is 3. The minimum atomic E-state index is -0.0198. The molecule has 1 aliphatic heterocycles. The van der Waals surface area contributed by atoms with E-state index in [1.807, 2.05) is 12.1 Å². The fourth-order valence-corrected chi connectivity index (χ4v) is 2.09. The van der Waals surface area contributed by atoms with E-state index < -0.39 is 0 Å². The quantitative estimate of drug-likeness (QED) is 0.810. The molecule has 1 saturated heterocycles. The predicted octanol–water partition coefficient (Wildman–Crippen LogP) is 3.64. The lowest BCUT2D eigenvalue weighted by Crippen LogP contribution is -2.22. The normalized spacial score (nSPS) is 20.3. The molecule has 1 aliphatic rings. The molecule has 2 rings (SSSR count). The summed E-state index contributed by atoms with van der Waals surface area (Å²) in [4.78, 5) is 0. The molecule has 0 amide bonds. The van der Waals surface area contributed by atoms with Gasteiger partial charge in [0.2, 0.25) is 0 Å². The van der Waals surface area contributed by atoms with Gasteiger partial charge in [-0.25, -0.2) is 0 Å². The molecule has 1 aromatic carbocycles. The summed E-state index contributed by atoms with van der Waals surface area (Å²) in [6.45, 7) is 3.52. The Labute approximate surface area is 115 Å². The van der Waals surface area contributed by atoms with Crippen LogP contribution in [0.1, 0.15) is 31.7 Å². The Bertz CT molecular complexity index is 403. The molecule has 0 radical (unpaired) electrons. The molecule has 1 heterocycles. The van der Waals surface area contributed by atoms with Crippen molar-refractivity contribution in [3.05, 3.63) is 35.9 Å². The highest BCUT2D eigenvalue weighted by molar-refractivity contribution is 5.64. The molecule has 1 atom stereocenters. The van der Waals surface area contributed by atoms with Crippen molar-refractivity contribution < 1.29 is 14.2 Å². The van der Waals surface area contributed by atoms with E-state index in [9.17, 15) is 0 Å². The Morgan fingerprint density at radius 1 is 1.32 bits per heavy atom. The van der Waals surface area contributed by atoms with Crippen LogP contribution in [0.4, 0.5) is 0 Å². The smallest absolute Gasteiger partial charge is 0.157 e. The van der Waals surface area contributed by atoms with Crippen molar-refractivity contribution in [2.45, 2.75) is 32.5 Å². The average Bonchev–Trinajstić information content (AvgIpc) is 2.48. The molecule has 1 aromatic rings. The zero-order valence-electron chi connectivity index (χ0n) is 11.7. The van der Waals surface area contributed by atoms with Crippen LogP contribution in [0.3, 0.4) is 0 Å². The first kappa shape index (κ1) is 14.1. The lowest BCUT2D eigenvalue weighted by atomic mass is 10.1. The molecule has 19 heavy (non-hydrogen) atoms. The minimum Gasteiger partial charge on any atom is -0.497 e. The summed E-state index contributed by atoms with van der Waals surface area (Å²) in [7, 11) is 1.68. The van der Waals surface area contributed by atoms with Gasteiger partial charge in [0.25, 0.3) is 0 Å². The SMILES string of the molecule is COc1ccc(/C(C)=C\COC2CCCCO2)cc1. The van der Waals surface area contributed by atoms with Crippen LogP contribution in [0.5, 0.6) is 5.75 Å². The van der Waals surface area contributed by atoms with E-state index in [0.29, 0.717) is 6.61 Å². The highest BCUT2D eigenvalue weighted by Gasteiger charge is 2.12. The molecule has 3 nitrogen and oxygen atoms in total. The molecule has 0 bridgehead atoms. The van der Waals surface area contributed by atoms with Gasteiger partial charge < -0.3 is 14.2 Å². The molecule has 3 heteroatoms. The van der Waals surface area contributed by atoms with Gasteiger partial charge in [-0.3, -0.25) is 0 Å². The van der Waals surface area contributed by atoms with Crippen LogP contribution in [0, 0.1) is 0 Å². The number of methoxy groups -OCH3 is 1. The fraction of sp³-hybridized carbons (Fsp3) is 0.500. The van der Waals surface area contributed by atoms with Crippen molar-refractivity contribution in [1.82, 2.24) is 0 Å². The van der Waals surface area contributed by atoms with Crippen LogP contribution >= 0.6 is 0 Å². The highest BCUT2D eigenvalue weighted by Crippen LogP contribution is 2.19. The molecule has 0 spiro atoms. The van der Waals surface area contributed by atoms with Gasteiger partial charge in [-0.2, -0.15) is 0 Å². The Balaban J connectivity index is 1.83. The van der Waals surface area contributed by atoms with Gasteiger partial charge >= 0.3 is 0 Å². The topological polar surface area (TPSA) is 27.7 Å². The summed E-state index contributed by atoms with van der Waals surface area (Å²) < 4.78 is 16.4. The van der Waals surface area contributed by atoms with E-state index >= 15 is 0 Å². The third-order valence-electron chi connectivity index (χ3n) is 3.35. The Morgan fingerprint density at radius 3 is 2.74 bits per heavy atom. The lowest BCUT2D eigenvalue weighted by molar-refractivity contribution is -0.155. The zero-order chi connectivity index (χ0) is 13.5. The van der Waals surface area contributed by atoms with Gasteiger partial charge in [0.05, 0.1) is 13.7 Å². The first-order chi connectivity index (χ1) is 9.29. The molecular weight excluding hydrogens is 240 g/mol. The number of benzene rings is 1. The summed E-state index contributed by atoms with van der Waals surface area (Å²) in [6.07, 6.45) is 5.44. The van der Waals surface area contributed by atoms with Crippen LogP contribution in [-0.2, 0) is 9.47 Å². The zero-order valence-corrected chi connectivity index (χ0v) is 11.7. The predicted molar refractivity (Wildman–Crippen MR) is 76.2 cm³/mol. The van der Waals surface area contributed by atoms with Crippen molar-refractivity contribution >= 4 is 5.57 Å². The first-order valence-electron chi connectivity index (χ1n) is 6.84. The number of ether oxygens (including phenoxy) is 3. The van der Waals surface area contributed by atoms with E-state index in [2.05, 4.69) is 25.1 Å². The second-order valence-electron chi connectivity index (χ2n) is 4.75. The largest absolute Gasteiger partial charge is 0.497 e. The van der Waals surface area contributed by atoms with Gasteiger partial charge in [0.1, 0.15) is 5.75 Å². The molecule has 104 valence electrons. The summed E-state index contributed by atoms with van der Waals surface area (Å²) in [6, 6.07) is 8.05. The van der Waals surface area contributed by atoms with Crippen LogP contribution < -0.4 is 4.74 Å². The van der Waals surface area contributed by atoms with Gasteiger partial charge in [-0.05, 0) is 49.5 Å². The monoisotopic (exact) mass is 262 g/mol. The summed E-state index contributed by atoms with van der Waals surface area (Å²) in [5.74, 6) is 0.878. The molecule has 0 aliphatic carbocycles. The first-order valence-corrected chi connectivity index (χ1v) is 6.84. The summed E-state index contributed by atoms with van der Waals surface area (Å²) in [5, 5.41) is 0. The van der Waals surface area contributed by atoms with Crippen molar-refractivity contribution in [1.29, 1.82) is 0 Å². The van der Waals surface area contributed by atoms with Crippen LogP contribution in [-0.4, -0.2) is 26.6 Å². The van der Waals surface area contributed by atoms with Crippen molar-refractivity contribution in [2.75, 3.05) is 20.3 Å². The maximum absolute atomic E-state index is 5.70. The van der Waals surface area contributed by atoms with E-state index in [-0.39, 0.29) is 6.29 Å². The Kier molecular flexibility index (Phi) is 5.43. The van der Waals surface area contributed by atoms with Crippen LogP contribution in [0.2, 0.25) is 0 Å². The summed E-state index contributed by atoms with van der Waals surface area (Å²) in [5.41, 5.74) is 2.40. The molecule has 0 aromatic heterocycles. The van der Waals surface area contributed by atoms with E-state index in [1.54, 1.807) is 7.11 Å². The van der Waals surface area contributed by atoms with Gasteiger partial charge in [0.15, 0.2) is 6.29 Å². The second kappa shape index (κ2) is 7.31. The average molecular weight is 262 g/mol. The third kappa shape index (κ3) is 4.37. The second-order valence-corrected chi connectivity index (χ2v) is 4.75. The minimum absolute atomic E-state index is 0.0198. The molecule has 0 saturated carbocycles. The standard InChI is InChI=1S/C16H22O3/c1-13(14-6-8-15(17-2)9-7-14)10-12-19-16-5-3-4-11-18-16/h6-10,16H,3-5,11-12H2,1-2H3/b13-10-. The third-order valence-corrected chi connectivity index (χ3v) is 3.35. The van der Waals surface area contributed by atoms with Crippen molar-refractivity contribution in [3.63, 3.8) is 0 Å².